The van der Waals surface area contributed by atoms with Crippen LogP contribution in [-0.2, 0) is 0 Å². The molecule has 0 aromatic heterocycles. The number of likely N-dealkylation sites (N-methyl/N-ethyl adjacent to an activating group) is 1. The van der Waals surface area contributed by atoms with Crippen LogP contribution in [-0.4, -0.2) is 37.0 Å². The van der Waals surface area contributed by atoms with Crippen LogP contribution in [0.1, 0.15) is 22.3 Å². The van der Waals surface area contributed by atoms with Gasteiger partial charge < -0.3 is 10.5 Å². The van der Waals surface area contributed by atoms with Gasteiger partial charge in [-0.2, -0.15) is 0 Å². The molecule has 1 aliphatic heterocycles. The Kier molecular flexibility index (Phi) is 3.33. The summed E-state index contributed by atoms with van der Waals surface area (Å²) in [6.07, 6.45) is 1.17. The topological polar surface area (TPSA) is 55.6 Å². The molecule has 0 aliphatic carbocycles. The molecule has 4 heteroatoms. The molecule has 1 fully saturated rings. The lowest BCUT2D eigenvalue weighted by molar-refractivity contribution is 0.0768. The summed E-state index contributed by atoms with van der Waals surface area (Å²) in [7, 11) is 2.08. The molecular formula is C13H18N2O2. The van der Waals surface area contributed by atoms with Crippen molar-refractivity contribution < 1.29 is 9.53 Å². The van der Waals surface area contributed by atoms with E-state index in [0.717, 1.165) is 12.1 Å². The first kappa shape index (κ1) is 11.9. The van der Waals surface area contributed by atoms with Crippen LogP contribution in [0.25, 0.3) is 0 Å². The molecule has 1 atom stereocenters. The molecule has 0 saturated carbocycles. The predicted octanol–water partition coefficient (Wildman–Crippen LogP) is 1.18. The second kappa shape index (κ2) is 4.75. The zero-order chi connectivity index (χ0) is 12.4. The van der Waals surface area contributed by atoms with E-state index in [4.69, 9.17) is 10.5 Å². The van der Waals surface area contributed by atoms with Crippen LogP contribution in [0.15, 0.2) is 18.2 Å². The quantitative estimate of drug-likeness (QED) is 0.851. The van der Waals surface area contributed by atoms with E-state index in [1.165, 1.54) is 6.42 Å². The SMILES string of the molecule is Cc1ccc(OCC2CCN2C)cc1C(N)=O. The summed E-state index contributed by atoms with van der Waals surface area (Å²) in [5.41, 5.74) is 6.71. The Morgan fingerprint density at radius 3 is 2.88 bits per heavy atom. The molecular weight excluding hydrogens is 216 g/mol. The Balaban J connectivity index is 2.01. The zero-order valence-electron chi connectivity index (χ0n) is 10.3. The number of hydrogen-bond donors (Lipinski definition) is 1. The molecule has 4 nitrogen and oxygen atoms in total. The van der Waals surface area contributed by atoms with E-state index in [-0.39, 0.29) is 0 Å². The van der Waals surface area contributed by atoms with Crippen molar-refractivity contribution in [3.8, 4) is 5.75 Å². The Bertz CT molecular complexity index is 431. The minimum atomic E-state index is -0.409. The van der Waals surface area contributed by atoms with E-state index in [9.17, 15) is 4.79 Å². The van der Waals surface area contributed by atoms with Gasteiger partial charge in [-0.1, -0.05) is 6.07 Å². The standard InChI is InChI=1S/C13H18N2O2/c1-9-3-4-11(7-12(9)13(14)16)17-8-10-5-6-15(10)2/h3-4,7,10H,5-6,8H2,1-2H3,(H2,14,16). The molecule has 1 saturated heterocycles. The molecule has 1 aromatic carbocycles. The Labute approximate surface area is 101 Å². The van der Waals surface area contributed by atoms with Gasteiger partial charge in [0.2, 0.25) is 5.91 Å². The summed E-state index contributed by atoms with van der Waals surface area (Å²) in [5, 5.41) is 0. The average Bonchev–Trinajstić information content (AvgIpc) is 2.29. The number of primary amides is 1. The lowest BCUT2D eigenvalue weighted by Crippen LogP contribution is -2.48. The van der Waals surface area contributed by atoms with Crippen molar-refractivity contribution in [1.29, 1.82) is 0 Å². The minimum Gasteiger partial charge on any atom is -0.492 e. The molecule has 2 N–H and O–H groups in total. The number of carbonyl (C=O) groups excluding carboxylic acids is 1. The molecule has 17 heavy (non-hydrogen) atoms. The number of nitrogens with two attached hydrogens (primary N) is 1. The maximum atomic E-state index is 11.2. The van der Waals surface area contributed by atoms with Crippen molar-refractivity contribution in [2.45, 2.75) is 19.4 Å². The van der Waals surface area contributed by atoms with Gasteiger partial charge in [-0.15, -0.1) is 0 Å². The van der Waals surface area contributed by atoms with Crippen LogP contribution in [0.4, 0.5) is 0 Å². The highest BCUT2D eigenvalue weighted by Crippen LogP contribution is 2.20. The van der Waals surface area contributed by atoms with Crippen LogP contribution in [0, 0.1) is 6.92 Å². The van der Waals surface area contributed by atoms with Gasteiger partial charge in [0.1, 0.15) is 12.4 Å². The molecule has 1 unspecified atom stereocenters. The molecule has 0 radical (unpaired) electrons. The summed E-state index contributed by atoms with van der Waals surface area (Å²) >= 11 is 0. The normalized spacial score (nSPS) is 19.8. The number of nitrogens with zero attached hydrogens (tertiary/aromatic N) is 1. The van der Waals surface area contributed by atoms with E-state index in [1.807, 2.05) is 19.1 Å². The molecule has 2 rings (SSSR count). The summed E-state index contributed by atoms with van der Waals surface area (Å²) in [6, 6.07) is 5.95. The fraction of sp³-hybridized carbons (Fsp3) is 0.462. The number of likely N-dealkylation sites (tertiary alicyclic amines) is 1. The van der Waals surface area contributed by atoms with Gasteiger partial charge in [0.25, 0.3) is 0 Å². The first-order valence-electron chi connectivity index (χ1n) is 5.81. The largest absolute Gasteiger partial charge is 0.492 e. The van der Waals surface area contributed by atoms with Gasteiger partial charge in [0, 0.05) is 11.6 Å². The lowest BCUT2D eigenvalue weighted by Gasteiger charge is -2.37. The summed E-state index contributed by atoms with van der Waals surface area (Å²) in [6.45, 7) is 3.66. The van der Waals surface area contributed by atoms with Crippen molar-refractivity contribution >= 4 is 5.91 Å². The van der Waals surface area contributed by atoms with Gasteiger partial charge in [0.15, 0.2) is 0 Å². The fourth-order valence-corrected chi connectivity index (χ4v) is 1.93. The Morgan fingerprint density at radius 2 is 2.35 bits per heavy atom. The highest BCUT2D eigenvalue weighted by molar-refractivity contribution is 5.94. The molecule has 1 heterocycles. The number of ether oxygens (including phenoxy) is 1. The maximum Gasteiger partial charge on any atom is 0.249 e. The van der Waals surface area contributed by atoms with E-state index in [2.05, 4.69) is 11.9 Å². The second-order valence-corrected chi connectivity index (χ2v) is 4.58. The van der Waals surface area contributed by atoms with Gasteiger partial charge in [0.05, 0.1) is 0 Å². The molecule has 92 valence electrons. The van der Waals surface area contributed by atoms with E-state index in [0.29, 0.717) is 24.0 Å². The van der Waals surface area contributed by atoms with Gasteiger partial charge in [-0.3, -0.25) is 9.69 Å². The van der Waals surface area contributed by atoms with Crippen LogP contribution in [0.5, 0.6) is 5.75 Å². The summed E-state index contributed by atoms with van der Waals surface area (Å²) in [5.74, 6) is 0.304. The summed E-state index contributed by atoms with van der Waals surface area (Å²) in [4.78, 5) is 13.4. The highest BCUT2D eigenvalue weighted by Gasteiger charge is 2.24. The third kappa shape index (κ3) is 2.58. The number of carbonyl (C=O) groups is 1. The maximum absolute atomic E-state index is 11.2. The third-order valence-corrected chi connectivity index (χ3v) is 3.36. The van der Waals surface area contributed by atoms with E-state index in [1.54, 1.807) is 6.07 Å². The lowest BCUT2D eigenvalue weighted by atomic mass is 10.1. The first-order valence-corrected chi connectivity index (χ1v) is 5.81. The van der Waals surface area contributed by atoms with Gasteiger partial charge in [-0.25, -0.2) is 0 Å². The Hall–Kier alpha value is -1.55. The number of amides is 1. The number of benzene rings is 1. The first-order chi connectivity index (χ1) is 8.08. The minimum absolute atomic E-state index is 0.409. The number of rotatable bonds is 4. The monoisotopic (exact) mass is 234 g/mol. The van der Waals surface area contributed by atoms with E-state index < -0.39 is 5.91 Å². The predicted molar refractivity (Wildman–Crippen MR) is 66.2 cm³/mol. The van der Waals surface area contributed by atoms with Crippen molar-refractivity contribution in [2.75, 3.05) is 20.2 Å². The average molecular weight is 234 g/mol. The molecule has 1 aromatic rings. The van der Waals surface area contributed by atoms with Gasteiger partial charge in [-0.05, 0) is 44.6 Å². The van der Waals surface area contributed by atoms with Crippen LogP contribution < -0.4 is 10.5 Å². The smallest absolute Gasteiger partial charge is 0.249 e. The second-order valence-electron chi connectivity index (χ2n) is 4.58. The van der Waals surface area contributed by atoms with Crippen molar-refractivity contribution in [3.63, 3.8) is 0 Å². The van der Waals surface area contributed by atoms with E-state index >= 15 is 0 Å². The highest BCUT2D eigenvalue weighted by atomic mass is 16.5. The molecule has 0 spiro atoms. The molecule has 1 amide bonds. The molecule has 0 bridgehead atoms. The fourth-order valence-electron chi connectivity index (χ4n) is 1.93. The summed E-state index contributed by atoms with van der Waals surface area (Å²) < 4.78 is 5.68. The van der Waals surface area contributed by atoms with Crippen molar-refractivity contribution in [1.82, 2.24) is 4.90 Å². The number of aryl methyl sites for hydroxylation is 1. The molecule has 1 aliphatic rings. The van der Waals surface area contributed by atoms with Crippen LogP contribution in [0.2, 0.25) is 0 Å². The zero-order valence-corrected chi connectivity index (χ0v) is 10.3. The number of hydrogen-bond acceptors (Lipinski definition) is 3. The van der Waals surface area contributed by atoms with Crippen molar-refractivity contribution in [2.24, 2.45) is 5.73 Å². The van der Waals surface area contributed by atoms with Crippen LogP contribution in [0.3, 0.4) is 0 Å². The third-order valence-electron chi connectivity index (χ3n) is 3.36. The Morgan fingerprint density at radius 1 is 1.59 bits per heavy atom. The van der Waals surface area contributed by atoms with Crippen LogP contribution >= 0.6 is 0 Å². The van der Waals surface area contributed by atoms with Gasteiger partial charge >= 0.3 is 0 Å². The van der Waals surface area contributed by atoms with Crippen molar-refractivity contribution in [3.05, 3.63) is 29.3 Å².